The lowest BCUT2D eigenvalue weighted by Gasteiger charge is -2.43. The fraction of sp³-hybridized carbons (Fsp3) is 0.368. The number of hydrogen-bond donors (Lipinski definition) is 0. The highest BCUT2D eigenvalue weighted by atomic mass is 16.3. The van der Waals surface area contributed by atoms with Gasteiger partial charge in [0.2, 0.25) is 0 Å². The maximum Gasteiger partial charge on any atom is 0.159 e. The largest absolute Gasteiger partial charge is 0.454 e. The summed E-state index contributed by atoms with van der Waals surface area (Å²) >= 11 is 0. The lowest BCUT2D eigenvalue weighted by molar-refractivity contribution is 0.332. The van der Waals surface area contributed by atoms with E-state index >= 15 is 0 Å². The Hall–Kier alpha value is -5.28. The number of hydrogen-bond acceptors (Lipinski definition) is 3. The molecule has 0 unspecified atom stereocenters. The second-order valence-electron chi connectivity index (χ2n) is 21.7. The van der Waals surface area contributed by atoms with Gasteiger partial charge in [-0.3, -0.25) is 0 Å². The Morgan fingerprint density at radius 1 is 0.450 bits per heavy atom. The molecule has 0 bridgehead atoms. The van der Waals surface area contributed by atoms with Gasteiger partial charge >= 0.3 is 0 Å². The number of rotatable bonds is 6. The van der Waals surface area contributed by atoms with E-state index in [0.29, 0.717) is 0 Å². The minimum atomic E-state index is -0.0226. The van der Waals surface area contributed by atoms with Crippen molar-refractivity contribution in [2.45, 2.75) is 136 Å². The van der Waals surface area contributed by atoms with E-state index in [2.05, 4.69) is 214 Å². The van der Waals surface area contributed by atoms with Gasteiger partial charge in [-0.05, 0) is 160 Å². The Kier molecular flexibility index (Phi) is 9.29. The number of para-hydroxylation sites is 2. The normalized spacial score (nSPS) is 17.6. The van der Waals surface area contributed by atoms with Crippen LogP contribution in [-0.4, -0.2) is 0 Å². The van der Waals surface area contributed by atoms with Crippen molar-refractivity contribution in [3.8, 4) is 0 Å². The van der Waals surface area contributed by atoms with E-state index in [1.807, 2.05) is 0 Å². The van der Waals surface area contributed by atoms with Crippen LogP contribution in [0.5, 0.6) is 0 Å². The maximum absolute atomic E-state index is 6.78. The maximum atomic E-state index is 6.78. The summed E-state index contributed by atoms with van der Waals surface area (Å²) in [5.74, 6) is 0. The quantitative estimate of drug-likeness (QED) is 0.167. The molecule has 0 N–H and O–H groups in total. The second kappa shape index (κ2) is 13.9. The summed E-state index contributed by atoms with van der Waals surface area (Å²) in [6.45, 7) is 28.6. The molecule has 2 aliphatic carbocycles. The first-order valence-corrected chi connectivity index (χ1v) is 22.3. The molecule has 3 heteroatoms. The number of aryl methyl sites for hydroxylation is 1. The molecule has 0 radical (unpaired) electrons. The third-order valence-corrected chi connectivity index (χ3v) is 14.3. The van der Waals surface area contributed by atoms with Crippen LogP contribution in [0, 0.1) is 6.92 Å². The fourth-order valence-corrected chi connectivity index (χ4v) is 10.3. The van der Waals surface area contributed by atoms with Crippen LogP contribution in [0.4, 0.5) is 34.1 Å². The number of anilines is 6. The topological polar surface area (TPSA) is 19.6 Å². The molecular formula is C57H64N2O. The summed E-state index contributed by atoms with van der Waals surface area (Å²) in [7, 11) is 0. The van der Waals surface area contributed by atoms with Crippen LogP contribution in [-0.2, 0) is 27.1 Å². The van der Waals surface area contributed by atoms with Gasteiger partial charge in [-0.2, -0.15) is 0 Å². The van der Waals surface area contributed by atoms with Crippen LogP contribution in [0.25, 0.3) is 21.9 Å². The molecule has 9 rings (SSSR count). The van der Waals surface area contributed by atoms with Crippen molar-refractivity contribution < 1.29 is 4.42 Å². The molecule has 1 aromatic heterocycles. The molecular weight excluding hydrogens is 729 g/mol. The SMILES string of the molecule is Cc1cc(N(c2ccc3c(c2)C(C)(C)CCC3(C)C)c2ccc3c(c2)C(C)(C)CCC3(C)C)cc(N(c2cccc(C(C)(C)C)c2)c2cccc3c2oc2ccccc23)c1. The summed E-state index contributed by atoms with van der Waals surface area (Å²) in [6, 6.07) is 45.9. The number of fused-ring (bicyclic) bond motifs is 5. The fourth-order valence-electron chi connectivity index (χ4n) is 10.3. The minimum Gasteiger partial charge on any atom is -0.454 e. The van der Waals surface area contributed by atoms with Crippen molar-refractivity contribution in [2.75, 3.05) is 9.80 Å². The van der Waals surface area contributed by atoms with Crippen molar-refractivity contribution in [2.24, 2.45) is 0 Å². The van der Waals surface area contributed by atoms with Gasteiger partial charge in [-0.1, -0.05) is 131 Å². The predicted octanol–water partition coefficient (Wildman–Crippen LogP) is 16.8. The summed E-state index contributed by atoms with van der Waals surface area (Å²) < 4.78 is 6.78. The zero-order chi connectivity index (χ0) is 42.6. The molecule has 7 aromatic rings. The van der Waals surface area contributed by atoms with Gasteiger partial charge in [-0.15, -0.1) is 0 Å². The summed E-state index contributed by atoms with van der Waals surface area (Å²) in [4.78, 5) is 4.96. The third kappa shape index (κ3) is 6.83. The molecule has 0 spiro atoms. The van der Waals surface area contributed by atoms with Gasteiger partial charge in [0.1, 0.15) is 5.58 Å². The van der Waals surface area contributed by atoms with Gasteiger partial charge < -0.3 is 14.2 Å². The first kappa shape index (κ1) is 40.1. The van der Waals surface area contributed by atoms with Crippen LogP contribution in [0.2, 0.25) is 0 Å². The highest BCUT2D eigenvalue weighted by Gasteiger charge is 2.39. The van der Waals surface area contributed by atoms with Crippen LogP contribution in [0.3, 0.4) is 0 Å². The monoisotopic (exact) mass is 793 g/mol. The molecule has 308 valence electrons. The van der Waals surface area contributed by atoms with Gasteiger partial charge in [0.25, 0.3) is 0 Å². The molecule has 0 saturated carbocycles. The van der Waals surface area contributed by atoms with Crippen LogP contribution < -0.4 is 9.80 Å². The van der Waals surface area contributed by atoms with E-state index in [1.54, 1.807) is 0 Å². The summed E-state index contributed by atoms with van der Waals surface area (Å²) in [5, 5.41) is 2.25. The van der Waals surface area contributed by atoms with Gasteiger partial charge in [0.05, 0.1) is 5.69 Å². The Bertz CT molecular complexity index is 2710. The molecule has 0 amide bonds. The molecule has 60 heavy (non-hydrogen) atoms. The molecule has 6 aromatic carbocycles. The Labute approximate surface area is 359 Å². The molecule has 0 fully saturated rings. The number of benzene rings is 6. The van der Waals surface area contributed by atoms with Gasteiger partial charge in [0, 0.05) is 39.2 Å². The lowest BCUT2D eigenvalue weighted by atomic mass is 9.63. The smallest absolute Gasteiger partial charge is 0.159 e. The summed E-state index contributed by atoms with van der Waals surface area (Å²) in [5.41, 5.74) is 17.3. The zero-order valence-electron chi connectivity index (χ0n) is 38.2. The van der Waals surface area contributed by atoms with E-state index in [4.69, 9.17) is 4.42 Å². The molecule has 2 aliphatic rings. The van der Waals surface area contributed by atoms with Gasteiger partial charge in [-0.25, -0.2) is 0 Å². The molecule has 3 nitrogen and oxygen atoms in total. The summed E-state index contributed by atoms with van der Waals surface area (Å²) in [6.07, 6.45) is 4.72. The Morgan fingerprint density at radius 3 is 1.53 bits per heavy atom. The van der Waals surface area contributed by atoms with E-state index in [-0.39, 0.29) is 27.1 Å². The average molecular weight is 793 g/mol. The lowest BCUT2D eigenvalue weighted by Crippen LogP contribution is -2.34. The van der Waals surface area contributed by atoms with Crippen LogP contribution in [0.15, 0.2) is 126 Å². The standard InChI is InChI=1S/C57H64N2O/c1-37-31-42(34-43(32-37)59(39-18-15-17-38(33-39)53(2,3)4)50-21-16-20-45-44-19-13-14-22-51(44)60-52(45)50)58(40-23-25-46-48(35-40)56(9,10)29-27-54(46,5)6)41-24-26-47-49(36-41)57(11,12)30-28-55(47,7)8/h13-26,31-36H,27-30H2,1-12H3. The number of furan rings is 1. The van der Waals surface area contributed by atoms with Crippen molar-refractivity contribution in [3.05, 3.63) is 155 Å². The van der Waals surface area contributed by atoms with Crippen LogP contribution in [0.1, 0.15) is 135 Å². The first-order valence-electron chi connectivity index (χ1n) is 22.3. The van der Waals surface area contributed by atoms with Crippen molar-refractivity contribution >= 4 is 56.1 Å². The van der Waals surface area contributed by atoms with Crippen molar-refractivity contribution in [1.29, 1.82) is 0 Å². The molecule has 0 aliphatic heterocycles. The first-order chi connectivity index (χ1) is 28.2. The second-order valence-corrected chi connectivity index (χ2v) is 21.7. The zero-order valence-corrected chi connectivity index (χ0v) is 38.2. The highest BCUT2D eigenvalue weighted by Crippen LogP contribution is 2.52. The average Bonchev–Trinajstić information content (AvgIpc) is 3.58. The van der Waals surface area contributed by atoms with Crippen molar-refractivity contribution in [1.82, 2.24) is 0 Å². The predicted molar refractivity (Wildman–Crippen MR) is 257 cm³/mol. The number of nitrogens with zero attached hydrogens (tertiary/aromatic N) is 2. The van der Waals surface area contributed by atoms with E-state index in [1.165, 1.54) is 70.4 Å². The van der Waals surface area contributed by atoms with Crippen LogP contribution >= 0.6 is 0 Å². The highest BCUT2D eigenvalue weighted by molar-refractivity contribution is 6.10. The minimum absolute atomic E-state index is 0.0226. The Balaban J connectivity index is 1.31. The molecule has 1 heterocycles. The van der Waals surface area contributed by atoms with E-state index in [9.17, 15) is 0 Å². The molecule has 0 atom stereocenters. The van der Waals surface area contributed by atoms with E-state index < -0.39 is 0 Å². The molecule has 0 saturated heterocycles. The van der Waals surface area contributed by atoms with Gasteiger partial charge in [0.15, 0.2) is 5.58 Å². The Morgan fingerprint density at radius 2 is 0.950 bits per heavy atom. The third-order valence-electron chi connectivity index (χ3n) is 14.3. The van der Waals surface area contributed by atoms with E-state index in [0.717, 1.165) is 44.7 Å². The van der Waals surface area contributed by atoms with Crippen molar-refractivity contribution in [3.63, 3.8) is 0 Å².